The third kappa shape index (κ3) is 4.85. The Kier molecular flexibility index (Phi) is 6.19. The zero-order valence-electron chi connectivity index (χ0n) is 14.4. The molecule has 0 heterocycles. The largest absolute Gasteiger partial charge is 0.495 e. The first-order chi connectivity index (χ1) is 12.7. The van der Waals surface area contributed by atoms with E-state index in [2.05, 4.69) is 5.32 Å². The number of hydrogen-bond acceptors (Lipinski definition) is 7. The van der Waals surface area contributed by atoms with Gasteiger partial charge in [-0.25, -0.2) is 4.79 Å². The van der Waals surface area contributed by atoms with Crippen LogP contribution in [-0.2, 0) is 9.53 Å². The molecule has 0 bridgehead atoms. The minimum Gasteiger partial charge on any atom is -0.495 e. The van der Waals surface area contributed by atoms with Crippen LogP contribution in [0.1, 0.15) is 17.3 Å². The molecule has 0 aliphatic carbocycles. The molecule has 0 aromatic heterocycles. The van der Waals surface area contributed by atoms with Crippen molar-refractivity contribution >= 4 is 40.5 Å². The lowest BCUT2D eigenvalue weighted by Crippen LogP contribution is -2.30. The highest BCUT2D eigenvalue weighted by molar-refractivity contribution is 6.31. The Bertz CT molecular complexity index is 902. The molecular formula is C17H16ClN3O6. The second kappa shape index (κ2) is 8.37. The lowest BCUT2D eigenvalue weighted by Gasteiger charge is -2.16. The normalized spacial score (nSPS) is 11.4. The van der Waals surface area contributed by atoms with Gasteiger partial charge < -0.3 is 20.5 Å². The van der Waals surface area contributed by atoms with Crippen molar-refractivity contribution in [1.29, 1.82) is 0 Å². The number of ether oxygens (including phenoxy) is 2. The zero-order chi connectivity index (χ0) is 20.1. The second-order valence-corrected chi connectivity index (χ2v) is 5.85. The summed E-state index contributed by atoms with van der Waals surface area (Å²) in [5.41, 5.74) is 5.50. The number of nitro groups is 1. The molecule has 0 fully saturated rings. The van der Waals surface area contributed by atoms with E-state index in [1.165, 1.54) is 26.2 Å². The highest BCUT2D eigenvalue weighted by atomic mass is 35.5. The van der Waals surface area contributed by atoms with Crippen LogP contribution in [0.4, 0.5) is 17.1 Å². The van der Waals surface area contributed by atoms with Gasteiger partial charge >= 0.3 is 5.97 Å². The second-order valence-electron chi connectivity index (χ2n) is 5.41. The van der Waals surface area contributed by atoms with E-state index in [0.29, 0.717) is 16.5 Å². The number of benzene rings is 2. The molecule has 9 nitrogen and oxygen atoms in total. The molecule has 27 heavy (non-hydrogen) atoms. The van der Waals surface area contributed by atoms with Crippen LogP contribution in [0, 0.1) is 10.1 Å². The number of anilines is 2. The van der Waals surface area contributed by atoms with Crippen LogP contribution in [0.5, 0.6) is 5.75 Å². The molecule has 1 amide bonds. The molecular weight excluding hydrogens is 378 g/mol. The van der Waals surface area contributed by atoms with Crippen LogP contribution >= 0.6 is 11.6 Å². The third-order valence-corrected chi connectivity index (χ3v) is 3.77. The van der Waals surface area contributed by atoms with E-state index >= 15 is 0 Å². The standard InChI is InChI=1S/C17H16ClN3O6/c1-9(16(22)20-14-7-10(18)3-6-15(14)26-2)27-17(23)12-5-4-11(21(24)25)8-13(12)19/h3-9H,19H2,1-2H3,(H,20,22)/t9-/m0/s1. The van der Waals surface area contributed by atoms with Gasteiger partial charge in [-0.05, 0) is 31.2 Å². The molecule has 2 aromatic carbocycles. The maximum absolute atomic E-state index is 12.3. The summed E-state index contributed by atoms with van der Waals surface area (Å²) in [5.74, 6) is -1.13. The number of esters is 1. The smallest absolute Gasteiger partial charge is 0.341 e. The molecule has 0 unspecified atom stereocenters. The highest BCUT2D eigenvalue weighted by Gasteiger charge is 2.22. The number of nitrogens with two attached hydrogens (primary N) is 1. The molecule has 0 saturated heterocycles. The van der Waals surface area contributed by atoms with E-state index in [4.69, 9.17) is 26.8 Å². The topological polar surface area (TPSA) is 134 Å². The van der Waals surface area contributed by atoms with Crippen LogP contribution in [-0.4, -0.2) is 30.0 Å². The number of non-ortho nitro benzene ring substituents is 1. The van der Waals surface area contributed by atoms with Crippen molar-refractivity contribution in [1.82, 2.24) is 0 Å². The van der Waals surface area contributed by atoms with Crippen molar-refractivity contribution in [2.75, 3.05) is 18.2 Å². The van der Waals surface area contributed by atoms with Gasteiger partial charge in [-0.1, -0.05) is 11.6 Å². The van der Waals surface area contributed by atoms with Gasteiger partial charge in [-0.2, -0.15) is 0 Å². The maximum Gasteiger partial charge on any atom is 0.341 e. The summed E-state index contributed by atoms with van der Waals surface area (Å²) in [6.07, 6.45) is -1.17. The number of carbonyl (C=O) groups excluding carboxylic acids is 2. The molecule has 0 spiro atoms. The quantitative estimate of drug-likeness (QED) is 0.333. The highest BCUT2D eigenvalue weighted by Crippen LogP contribution is 2.28. The van der Waals surface area contributed by atoms with Crippen LogP contribution in [0.2, 0.25) is 5.02 Å². The number of nitrogen functional groups attached to an aromatic ring is 1. The molecule has 2 aromatic rings. The van der Waals surface area contributed by atoms with Gasteiger partial charge in [-0.3, -0.25) is 14.9 Å². The summed E-state index contributed by atoms with van der Waals surface area (Å²) in [6, 6.07) is 7.98. The first kappa shape index (κ1) is 20.0. The Labute approximate surface area is 159 Å². The number of nitrogens with zero attached hydrogens (tertiary/aromatic N) is 1. The fraction of sp³-hybridized carbons (Fsp3) is 0.176. The van der Waals surface area contributed by atoms with E-state index in [9.17, 15) is 19.7 Å². The average molecular weight is 394 g/mol. The first-order valence-corrected chi connectivity index (χ1v) is 8.00. The molecule has 1 atom stereocenters. The van der Waals surface area contributed by atoms with Gasteiger partial charge in [0, 0.05) is 17.2 Å². The Morgan fingerprint density at radius 3 is 2.56 bits per heavy atom. The minimum atomic E-state index is -1.17. The van der Waals surface area contributed by atoms with Gasteiger partial charge in [-0.15, -0.1) is 0 Å². The van der Waals surface area contributed by atoms with Crippen LogP contribution in [0.15, 0.2) is 36.4 Å². The fourth-order valence-corrected chi connectivity index (χ4v) is 2.31. The van der Waals surface area contributed by atoms with Gasteiger partial charge in [0.1, 0.15) is 5.75 Å². The number of hydrogen-bond donors (Lipinski definition) is 2. The van der Waals surface area contributed by atoms with Crippen molar-refractivity contribution in [3.05, 3.63) is 57.1 Å². The predicted octanol–water partition coefficient (Wildman–Crippen LogP) is 3.02. The Morgan fingerprint density at radius 2 is 1.96 bits per heavy atom. The van der Waals surface area contributed by atoms with Gasteiger partial charge in [0.15, 0.2) is 6.10 Å². The lowest BCUT2D eigenvalue weighted by atomic mass is 10.1. The van der Waals surface area contributed by atoms with E-state index < -0.39 is 22.9 Å². The van der Waals surface area contributed by atoms with E-state index in [1.807, 2.05) is 0 Å². The molecule has 0 aliphatic heterocycles. The molecule has 10 heteroatoms. The van der Waals surface area contributed by atoms with Crippen LogP contribution in [0.3, 0.4) is 0 Å². The summed E-state index contributed by atoms with van der Waals surface area (Å²) in [7, 11) is 1.43. The molecule has 0 aliphatic rings. The Hall–Kier alpha value is -3.33. The van der Waals surface area contributed by atoms with Crippen molar-refractivity contribution < 1.29 is 24.0 Å². The number of rotatable bonds is 6. The van der Waals surface area contributed by atoms with Gasteiger partial charge in [0.25, 0.3) is 11.6 Å². The SMILES string of the molecule is COc1ccc(Cl)cc1NC(=O)[C@H](C)OC(=O)c1ccc([N+](=O)[O-])cc1N. The Morgan fingerprint density at radius 1 is 1.26 bits per heavy atom. The molecule has 3 N–H and O–H groups in total. The summed E-state index contributed by atoms with van der Waals surface area (Å²) < 4.78 is 10.2. The Balaban J connectivity index is 2.09. The summed E-state index contributed by atoms with van der Waals surface area (Å²) in [4.78, 5) is 34.5. The summed E-state index contributed by atoms with van der Waals surface area (Å²) in [5, 5.41) is 13.6. The van der Waals surface area contributed by atoms with Crippen molar-refractivity contribution in [2.24, 2.45) is 0 Å². The maximum atomic E-state index is 12.3. The third-order valence-electron chi connectivity index (χ3n) is 3.54. The number of carbonyl (C=O) groups is 2. The monoisotopic (exact) mass is 393 g/mol. The number of amides is 1. The summed E-state index contributed by atoms with van der Waals surface area (Å²) in [6.45, 7) is 1.37. The number of nitrogens with one attached hydrogen (secondary N) is 1. The van der Waals surface area contributed by atoms with E-state index in [1.54, 1.807) is 12.1 Å². The zero-order valence-corrected chi connectivity index (χ0v) is 15.1. The summed E-state index contributed by atoms with van der Waals surface area (Å²) >= 11 is 5.90. The molecule has 0 saturated carbocycles. The number of methoxy groups -OCH3 is 1. The average Bonchev–Trinajstić information content (AvgIpc) is 2.61. The van der Waals surface area contributed by atoms with Crippen molar-refractivity contribution in [2.45, 2.75) is 13.0 Å². The molecule has 2 rings (SSSR count). The van der Waals surface area contributed by atoms with E-state index in [-0.39, 0.29) is 16.9 Å². The molecule has 142 valence electrons. The molecule has 0 radical (unpaired) electrons. The number of halogens is 1. The van der Waals surface area contributed by atoms with E-state index in [0.717, 1.165) is 12.1 Å². The number of nitro benzene ring substituents is 1. The predicted molar refractivity (Wildman–Crippen MR) is 99.0 cm³/mol. The lowest BCUT2D eigenvalue weighted by molar-refractivity contribution is -0.384. The van der Waals surface area contributed by atoms with Gasteiger partial charge in [0.05, 0.1) is 29.0 Å². The fourth-order valence-electron chi connectivity index (χ4n) is 2.14. The van der Waals surface area contributed by atoms with Gasteiger partial charge in [0.2, 0.25) is 0 Å². The van der Waals surface area contributed by atoms with Crippen molar-refractivity contribution in [3.63, 3.8) is 0 Å². The van der Waals surface area contributed by atoms with Crippen LogP contribution in [0.25, 0.3) is 0 Å². The van der Waals surface area contributed by atoms with Crippen LogP contribution < -0.4 is 15.8 Å². The minimum absolute atomic E-state index is 0.0828. The first-order valence-electron chi connectivity index (χ1n) is 7.62. The van der Waals surface area contributed by atoms with Crippen molar-refractivity contribution in [3.8, 4) is 5.75 Å².